The molecule has 1 amide bonds. The lowest BCUT2D eigenvalue weighted by Crippen LogP contribution is -2.49. The van der Waals surface area contributed by atoms with E-state index in [2.05, 4.69) is 9.71 Å². The minimum Gasteiger partial charge on any atom is -0.459 e. The Labute approximate surface area is 193 Å². The number of anilines is 1. The van der Waals surface area contributed by atoms with E-state index in [1.165, 1.54) is 6.26 Å². The molecule has 2 aromatic heterocycles. The number of oxazole rings is 1. The van der Waals surface area contributed by atoms with Crippen LogP contribution < -0.4 is 9.62 Å². The zero-order chi connectivity index (χ0) is 24.3. The van der Waals surface area contributed by atoms with Gasteiger partial charge in [0.25, 0.3) is 5.89 Å². The van der Waals surface area contributed by atoms with Crippen LogP contribution in [0.15, 0.2) is 50.3 Å². The van der Waals surface area contributed by atoms with Crippen molar-refractivity contribution < 1.29 is 30.8 Å². The summed E-state index contributed by atoms with van der Waals surface area (Å²) in [7, 11) is -4.09. The van der Waals surface area contributed by atoms with E-state index in [1.807, 2.05) is 6.07 Å². The van der Waals surface area contributed by atoms with E-state index in [-0.39, 0.29) is 30.5 Å². The first-order valence-electron chi connectivity index (χ1n) is 10.2. The van der Waals surface area contributed by atoms with Crippen LogP contribution in [0.1, 0.15) is 12.1 Å². The topological polar surface area (TPSA) is 133 Å². The number of rotatable bonds is 7. The van der Waals surface area contributed by atoms with Crippen molar-refractivity contribution in [2.24, 2.45) is 0 Å². The number of sulfonamides is 1. The average molecular weight is 491 g/mol. The van der Waals surface area contributed by atoms with Crippen molar-refractivity contribution in [2.75, 3.05) is 37.6 Å². The largest absolute Gasteiger partial charge is 0.459 e. The fourth-order valence-corrected chi connectivity index (χ4v) is 4.48. The van der Waals surface area contributed by atoms with Gasteiger partial charge in [0.2, 0.25) is 27.5 Å². The van der Waals surface area contributed by atoms with Crippen LogP contribution in [-0.2, 0) is 14.8 Å². The van der Waals surface area contributed by atoms with Gasteiger partial charge in [0.15, 0.2) is 17.4 Å². The summed E-state index contributed by atoms with van der Waals surface area (Å²) in [4.78, 5) is 19.6. The summed E-state index contributed by atoms with van der Waals surface area (Å²) in [5, 5.41) is 9.38. The van der Waals surface area contributed by atoms with Gasteiger partial charge < -0.3 is 18.6 Å². The van der Waals surface area contributed by atoms with Crippen molar-refractivity contribution in [3.63, 3.8) is 0 Å². The van der Waals surface area contributed by atoms with Crippen LogP contribution in [0.3, 0.4) is 0 Å². The van der Waals surface area contributed by atoms with Crippen molar-refractivity contribution in [1.82, 2.24) is 14.6 Å². The second-order valence-electron chi connectivity index (χ2n) is 7.35. The normalized spacial score (nSPS) is 14.3. The molecule has 4 rings (SSSR count). The van der Waals surface area contributed by atoms with Crippen molar-refractivity contribution in [1.29, 1.82) is 5.26 Å². The number of nitrogens with one attached hydrogen (secondary N) is 1. The third-order valence-electron chi connectivity index (χ3n) is 5.20. The van der Waals surface area contributed by atoms with Crippen LogP contribution in [-0.4, -0.2) is 56.9 Å². The molecule has 1 aliphatic rings. The van der Waals surface area contributed by atoms with Crippen LogP contribution in [0, 0.1) is 23.0 Å². The van der Waals surface area contributed by atoms with Gasteiger partial charge in [-0.2, -0.15) is 10.2 Å². The Morgan fingerprint density at radius 1 is 1.18 bits per heavy atom. The molecule has 178 valence electrons. The van der Waals surface area contributed by atoms with Gasteiger partial charge in [-0.15, -0.1) is 0 Å². The first-order chi connectivity index (χ1) is 16.3. The van der Waals surface area contributed by atoms with Crippen molar-refractivity contribution in [2.45, 2.75) is 11.3 Å². The summed E-state index contributed by atoms with van der Waals surface area (Å²) in [5.74, 6) is -1.84. The summed E-state index contributed by atoms with van der Waals surface area (Å²) in [6.45, 7) is 1.22. The molecule has 13 heteroatoms. The third kappa shape index (κ3) is 4.92. The van der Waals surface area contributed by atoms with E-state index in [9.17, 15) is 27.3 Å². The predicted octanol–water partition coefficient (Wildman–Crippen LogP) is 2.10. The maximum atomic E-state index is 13.3. The Morgan fingerprint density at radius 2 is 1.94 bits per heavy atom. The molecular formula is C21H19F2N5O5S. The Hall–Kier alpha value is -3.76. The van der Waals surface area contributed by atoms with Crippen LogP contribution in [0.4, 0.5) is 14.7 Å². The van der Waals surface area contributed by atoms with Gasteiger partial charge in [0, 0.05) is 39.1 Å². The summed E-state index contributed by atoms with van der Waals surface area (Å²) < 4.78 is 63.9. The number of hydrogen-bond donors (Lipinski definition) is 1. The second kappa shape index (κ2) is 9.62. The molecule has 34 heavy (non-hydrogen) atoms. The Bertz CT molecular complexity index is 1330. The highest BCUT2D eigenvalue weighted by molar-refractivity contribution is 7.89. The molecule has 0 radical (unpaired) electrons. The van der Waals surface area contributed by atoms with Crippen molar-refractivity contribution >= 4 is 21.8 Å². The molecule has 0 saturated carbocycles. The lowest BCUT2D eigenvalue weighted by Gasteiger charge is -2.34. The highest BCUT2D eigenvalue weighted by Crippen LogP contribution is 2.29. The van der Waals surface area contributed by atoms with E-state index in [4.69, 9.17) is 8.83 Å². The van der Waals surface area contributed by atoms with Crippen LogP contribution in [0.25, 0.3) is 11.7 Å². The predicted molar refractivity (Wildman–Crippen MR) is 114 cm³/mol. The van der Waals surface area contributed by atoms with Gasteiger partial charge >= 0.3 is 0 Å². The second-order valence-corrected chi connectivity index (χ2v) is 9.12. The molecule has 1 aliphatic heterocycles. The van der Waals surface area contributed by atoms with E-state index >= 15 is 0 Å². The number of furan rings is 1. The molecule has 1 N–H and O–H groups in total. The van der Waals surface area contributed by atoms with Gasteiger partial charge in [0.1, 0.15) is 6.07 Å². The number of carbonyl (C=O) groups excluding carboxylic acids is 1. The summed E-state index contributed by atoms with van der Waals surface area (Å²) >= 11 is 0. The number of hydrogen-bond acceptors (Lipinski definition) is 8. The molecule has 0 unspecified atom stereocenters. The number of amides is 1. The lowest BCUT2D eigenvalue weighted by molar-refractivity contribution is -0.131. The van der Waals surface area contributed by atoms with Gasteiger partial charge in [-0.3, -0.25) is 4.79 Å². The Balaban J connectivity index is 1.30. The van der Waals surface area contributed by atoms with Crippen molar-refractivity contribution in [3.05, 3.63) is 53.9 Å². The molecular weight excluding hydrogens is 472 g/mol. The van der Waals surface area contributed by atoms with E-state index in [0.717, 1.165) is 12.1 Å². The highest BCUT2D eigenvalue weighted by atomic mass is 32.2. The van der Waals surface area contributed by atoms with Gasteiger partial charge in [0.05, 0.1) is 11.2 Å². The number of carbonyl (C=O) groups is 1. The van der Waals surface area contributed by atoms with Crippen molar-refractivity contribution in [3.8, 4) is 17.7 Å². The standard InChI is InChI=1S/C21H19F2N5O5S/c22-15-4-3-14(12-16(15)23)34(30,31)25-6-5-19(29)27-7-9-28(10-8-27)21-17(13-24)26-20(33-21)18-2-1-11-32-18/h1-4,11-12,25H,5-10H2. The number of nitriles is 1. The van der Waals surface area contributed by atoms with Gasteiger partial charge in [-0.1, -0.05) is 0 Å². The minimum atomic E-state index is -4.09. The number of benzene rings is 1. The van der Waals surface area contributed by atoms with Gasteiger partial charge in [-0.05, 0) is 30.3 Å². The van der Waals surface area contributed by atoms with E-state index in [0.29, 0.717) is 43.9 Å². The van der Waals surface area contributed by atoms with Gasteiger partial charge in [-0.25, -0.2) is 21.9 Å². The number of nitrogens with zero attached hydrogens (tertiary/aromatic N) is 4. The number of piperazine rings is 1. The van der Waals surface area contributed by atoms with Crippen LogP contribution in [0.2, 0.25) is 0 Å². The fraction of sp³-hybridized carbons (Fsp3) is 0.286. The van der Waals surface area contributed by atoms with Crippen LogP contribution >= 0.6 is 0 Å². The summed E-state index contributed by atoms with van der Waals surface area (Å²) in [5.41, 5.74) is 0.109. The molecule has 1 saturated heterocycles. The Kier molecular flexibility index (Phi) is 6.62. The monoisotopic (exact) mass is 491 g/mol. The molecule has 1 aromatic carbocycles. The lowest BCUT2D eigenvalue weighted by atomic mass is 10.2. The third-order valence-corrected chi connectivity index (χ3v) is 6.66. The smallest absolute Gasteiger partial charge is 0.266 e. The average Bonchev–Trinajstić information content (AvgIpc) is 3.50. The molecule has 1 fully saturated rings. The Morgan fingerprint density at radius 3 is 2.59 bits per heavy atom. The number of aromatic nitrogens is 1. The molecule has 10 nitrogen and oxygen atoms in total. The molecule has 0 bridgehead atoms. The maximum absolute atomic E-state index is 13.3. The van der Waals surface area contributed by atoms with Crippen LogP contribution in [0.5, 0.6) is 0 Å². The minimum absolute atomic E-state index is 0.109. The number of halogens is 2. The molecule has 0 spiro atoms. The first kappa shape index (κ1) is 23.4. The SMILES string of the molecule is N#Cc1nc(-c2ccco2)oc1N1CCN(C(=O)CCNS(=O)(=O)c2ccc(F)c(F)c2)CC1. The zero-order valence-corrected chi connectivity index (χ0v) is 18.5. The molecule has 3 heterocycles. The van der Waals surface area contributed by atoms with E-state index < -0.39 is 26.6 Å². The van der Waals surface area contributed by atoms with E-state index in [1.54, 1.807) is 21.9 Å². The zero-order valence-electron chi connectivity index (χ0n) is 17.7. The maximum Gasteiger partial charge on any atom is 0.266 e. The molecule has 0 aliphatic carbocycles. The first-order valence-corrected chi connectivity index (χ1v) is 11.7. The summed E-state index contributed by atoms with van der Waals surface area (Å²) in [6.07, 6.45) is 1.35. The quantitative estimate of drug-likeness (QED) is 0.531. The highest BCUT2D eigenvalue weighted by Gasteiger charge is 2.27. The molecule has 3 aromatic rings. The summed E-state index contributed by atoms with van der Waals surface area (Å²) in [6, 6.07) is 7.57. The molecule has 0 atom stereocenters. The fourth-order valence-electron chi connectivity index (χ4n) is 3.44.